The Morgan fingerprint density at radius 1 is 0.789 bits per heavy atom. The quantitative estimate of drug-likeness (QED) is 0.227. The second-order valence-corrected chi connectivity index (χ2v) is 23.9. The molecule has 1 aromatic carbocycles. The standard InChI is InChI=1S/C31H48SSi.2CH3.2ClH.Zr/c1-19-18-26-23(22-12-7-6-8-13-22)15-11-16-24(26)30(19)33(4,5)31-21(3)20(2)29-28(31)25-14-9-10-17-27(25)32-29;;;;;/h6-8,12-13,19-21,23-31H,9-11,14-18H2,1-5H3;2*1H3;2*1H;/q;2*-1;;;+4/p-2. The van der Waals surface area contributed by atoms with Crippen LogP contribution in [0.1, 0.15) is 83.6 Å². The van der Waals surface area contributed by atoms with Crippen molar-refractivity contribution in [1.29, 1.82) is 0 Å². The molecule has 214 valence electrons. The van der Waals surface area contributed by atoms with Gasteiger partial charge in [-0.1, -0.05) is 89.9 Å². The van der Waals surface area contributed by atoms with Crippen molar-refractivity contribution in [2.75, 3.05) is 0 Å². The van der Waals surface area contributed by atoms with Crippen molar-refractivity contribution in [3.63, 3.8) is 0 Å². The molecule has 1 heterocycles. The van der Waals surface area contributed by atoms with E-state index in [4.69, 9.17) is 17.0 Å². The van der Waals surface area contributed by atoms with Gasteiger partial charge in [0.15, 0.2) is 0 Å². The second kappa shape index (κ2) is 14.1. The average Bonchev–Trinajstić information content (AvgIpc) is 3.49. The van der Waals surface area contributed by atoms with Crippen molar-refractivity contribution < 1.29 is 20.8 Å². The molecule has 4 saturated carbocycles. The van der Waals surface area contributed by atoms with E-state index in [9.17, 15) is 0 Å². The zero-order chi connectivity index (χ0) is 25.6. The molecule has 1 saturated heterocycles. The molecule has 0 nitrogen and oxygen atoms in total. The first-order valence-corrected chi connectivity index (χ1v) is 25.4. The molecule has 0 aromatic heterocycles. The van der Waals surface area contributed by atoms with Crippen LogP contribution in [0.4, 0.5) is 0 Å². The fourth-order valence-corrected chi connectivity index (χ4v) is 20.2. The summed E-state index contributed by atoms with van der Waals surface area (Å²) in [6.45, 7) is 13.8. The summed E-state index contributed by atoms with van der Waals surface area (Å²) in [5.74, 6) is 7.77. The molecule has 38 heavy (non-hydrogen) atoms. The molecule has 1 aliphatic heterocycles. The number of halogens is 2. The Bertz CT molecular complexity index is 866. The van der Waals surface area contributed by atoms with Crippen molar-refractivity contribution in [3.8, 4) is 0 Å². The summed E-state index contributed by atoms with van der Waals surface area (Å²) in [6, 6.07) is 11.7. The van der Waals surface area contributed by atoms with Gasteiger partial charge in [-0.15, -0.1) is 0 Å². The molecule has 0 spiro atoms. The van der Waals surface area contributed by atoms with Crippen LogP contribution in [0.25, 0.3) is 0 Å². The van der Waals surface area contributed by atoms with Crippen LogP contribution in [0.15, 0.2) is 30.3 Å². The molecule has 5 aliphatic rings. The Morgan fingerprint density at radius 2 is 1.42 bits per heavy atom. The van der Waals surface area contributed by atoms with Gasteiger partial charge in [0.2, 0.25) is 0 Å². The number of benzene rings is 1. The molecular formula is C33H54Cl2SSiZr. The molecule has 5 heteroatoms. The van der Waals surface area contributed by atoms with Gasteiger partial charge in [-0.25, -0.2) is 0 Å². The van der Waals surface area contributed by atoms with E-state index in [0.717, 1.165) is 68.9 Å². The van der Waals surface area contributed by atoms with Crippen LogP contribution in [0.5, 0.6) is 0 Å². The van der Waals surface area contributed by atoms with Gasteiger partial charge in [-0.2, -0.15) is 11.8 Å². The first-order valence-electron chi connectivity index (χ1n) is 15.0. The van der Waals surface area contributed by atoms with Crippen molar-refractivity contribution in [1.82, 2.24) is 0 Å². The topological polar surface area (TPSA) is 0 Å². The Kier molecular flexibility index (Phi) is 12.6. The van der Waals surface area contributed by atoms with Gasteiger partial charge in [-0.05, 0) is 89.7 Å². The summed E-state index contributed by atoms with van der Waals surface area (Å²) in [5.41, 5.74) is 3.78. The van der Waals surface area contributed by atoms with E-state index in [-0.39, 0.29) is 14.9 Å². The van der Waals surface area contributed by atoms with Crippen LogP contribution in [-0.2, 0) is 20.8 Å². The molecule has 0 amide bonds. The van der Waals surface area contributed by atoms with Gasteiger partial charge in [-0.3, -0.25) is 0 Å². The zero-order valence-electron chi connectivity index (χ0n) is 25.1. The first kappa shape index (κ1) is 33.7. The fourth-order valence-electron chi connectivity index (χ4n) is 11.1. The number of fused-ring (bicyclic) bond motifs is 4. The Morgan fingerprint density at radius 3 is 2.11 bits per heavy atom. The van der Waals surface area contributed by atoms with Gasteiger partial charge in [0, 0.05) is 10.5 Å². The molecular weight excluding hydrogens is 619 g/mol. The summed E-state index contributed by atoms with van der Waals surface area (Å²) < 4.78 is 0. The van der Waals surface area contributed by atoms with Crippen molar-refractivity contribution in [2.24, 2.45) is 41.4 Å². The van der Waals surface area contributed by atoms with Crippen molar-refractivity contribution in [3.05, 3.63) is 50.7 Å². The number of hydrogen-bond acceptors (Lipinski definition) is 1. The molecule has 1 aromatic rings. The molecule has 12 atom stereocenters. The fraction of sp³-hybridized carbons (Fsp3) is 0.758. The SMILES string of the molecule is CC1CC2C(c3ccccc3)CCCC2C1[Si](C)(C)C1C(C)C(C)C2SC3CCCCC3C21.[CH3-].[CH3-].[Cl][Zr+2][Cl]. The second-order valence-electron chi connectivity index (χ2n) is 13.8. The Balaban J connectivity index is 0.000000766. The normalized spacial score (nSPS) is 43.2. The maximum atomic E-state index is 4.93. The van der Waals surface area contributed by atoms with Crippen LogP contribution < -0.4 is 0 Å². The third kappa shape index (κ3) is 6.01. The monoisotopic (exact) mass is 670 g/mol. The van der Waals surface area contributed by atoms with E-state index in [1.54, 1.807) is 12.0 Å². The van der Waals surface area contributed by atoms with E-state index in [2.05, 4.69) is 76.0 Å². The summed E-state index contributed by atoms with van der Waals surface area (Å²) >= 11 is 1.66. The molecule has 12 unspecified atom stereocenters. The average molecular weight is 673 g/mol. The summed E-state index contributed by atoms with van der Waals surface area (Å²) in [5, 5.41) is 2.00. The molecule has 0 radical (unpaired) electrons. The van der Waals surface area contributed by atoms with Crippen LogP contribution in [0, 0.1) is 56.3 Å². The van der Waals surface area contributed by atoms with E-state index in [1.807, 2.05) is 0 Å². The summed E-state index contributed by atoms with van der Waals surface area (Å²) in [6.07, 6.45) is 12.1. The van der Waals surface area contributed by atoms with Gasteiger partial charge >= 0.3 is 37.9 Å². The predicted molar refractivity (Wildman–Crippen MR) is 172 cm³/mol. The summed E-state index contributed by atoms with van der Waals surface area (Å²) in [7, 11) is 8.45. The Labute approximate surface area is 260 Å². The summed E-state index contributed by atoms with van der Waals surface area (Å²) in [4.78, 5) is 0. The van der Waals surface area contributed by atoms with E-state index in [0.29, 0.717) is 0 Å². The third-order valence-corrected chi connectivity index (χ3v) is 19.4. The van der Waals surface area contributed by atoms with Crippen LogP contribution in [0.3, 0.4) is 0 Å². The minimum absolute atomic E-state index is 0. The molecule has 4 aliphatic carbocycles. The zero-order valence-corrected chi connectivity index (χ0v) is 30.9. The van der Waals surface area contributed by atoms with Gasteiger partial charge in [0.1, 0.15) is 0 Å². The number of rotatable bonds is 3. The van der Waals surface area contributed by atoms with Gasteiger partial charge < -0.3 is 14.9 Å². The minimum atomic E-state index is -1.42. The van der Waals surface area contributed by atoms with E-state index < -0.39 is 28.9 Å². The van der Waals surface area contributed by atoms with Crippen molar-refractivity contribution >= 4 is 36.9 Å². The van der Waals surface area contributed by atoms with Crippen LogP contribution in [0.2, 0.25) is 24.2 Å². The Hall–Kier alpha value is 1.25. The van der Waals surface area contributed by atoms with Gasteiger partial charge in [0.25, 0.3) is 0 Å². The number of thioether (sulfide) groups is 1. The molecule has 6 rings (SSSR count). The van der Waals surface area contributed by atoms with Gasteiger partial charge in [0.05, 0.1) is 8.07 Å². The maximum absolute atomic E-state index is 4.93. The molecule has 0 N–H and O–H groups in total. The van der Waals surface area contributed by atoms with Crippen molar-refractivity contribution in [2.45, 2.75) is 113 Å². The molecule has 5 fully saturated rings. The van der Waals surface area contributed by atoms with E-state index in [1.165, 1.54) is 44.9 Å². The number of hydrogen-bond donors (Lipinski definition) is 0. The predicted octanol–water partition coefficient (Wildman–Crippen LogP) is 11.5. The third-order valence-electron chi connectivity index (χ3n) is 12.1. The van der Waals surface area contributed by atoms with E-state index >= 15 is 0 Å². The van der Waals surface area contributed by atoms with Crippen LogP contribution >= 0.6 is 28.8 Å². The van der Waals surface area contributed by atoms with Crippen LogP contribution in [-0.4, -0.2) is 18.6 Å². The molecule has 0 bridgehead atoms. The first-order chi connectivity index (χ1) is 17.3.